The largest absolute Gasteiger partial charge is 0.496 e. The molecule has 0 atom stereocenters. The summed E-state index contributed by atoms with van der Waals surface area (Å²) in [7, 11) is 3.09. The van der Waals surface area contributed by atoms with E-state index >= 15 is 0 Å². The highest BCUT2D eigenvalue weighted by molar-refractivity contribution is 5.79. The Morgan fingerprint density at radius 1 is 1.25 bits per heavy atom. The van der Waals surface area contributed by atoms with Gasteiger partial charge in [-0.3, -0.25) is 4.79 Å². The molecule has 86 valence electrons. The third-order valence-electron chi connectivity index (χ3n) is 2.12. The van der Waals surface area contributed by atoms with E-state index in [1.54, 1.807) is 32.4 Å². The van der Waals surface area contributed by atoms with Crippen molar-refractivity contribution in [1.82, 2.24) is 0 Å². The Labute approximate surface area is 94.7 Å². The number of nitrogens with two attached hydrogens (primary N) is 1. The standard InChI is InChI=1S/C12H15NO3/c1-15-11-6-9(8-14)7-12(16-2)10(11)4-3-5-13/h3-4,6-8H,5,13H2,1-2H3. The Bertz CT molecular complexity index is 374. The number of hydrogen-bond donors (Lipinski definition) is 1. The van der Waals surface area contributed by atoms with E-state index in [-0.39, 0.29) is 0 Å². The van der Waals surface area contributed by atoms with Gasteiger partial charge in [0.2, 0.25) is 0 Å². The molecule has 0 saturated carbocycles. The molecular formula is C12H15NO3. The van der Waals surface area contributed by atoms with Crippen molar-refractivity contribution < 1.29 is 14.3 Å². The van der Waals surface area contributed by atoms with Gasteiger partial charge in [0.25, 0.3) is 0 Å². The molecule has 16 heavy (non-hydrogen) atoms. The van der Waals surface area contributed by atoms with E-state index in [9.17, 15) is 4.79 Å². The van der Waals surface area contributed by atoms with Crippen LogP contribution in [0, 0.1) is 0 Å². The van der Waals surface area contributed by atoms with Crippen molar-refractivity contribution in [3.63, 3.8) is 0 Å². The summed E-state index contributed by atoms with van der Waals surface area (Å²) in [5.41, 5.74) is 6.68. The lowest BCUT2D eigenvalue weighted by atomic mass is 10.1. The van der Waals surface area contributed by atoms with Crippen LogP contribution in [-0.2, 0) is 0 Å². The van der Waals surface area contributed by atoms with E-state index in [4.69, 9.17) is 15.2 Å². The van der Waals surface area contributed by atoms with Gasteiger partial charge in [-0.1, -0.05) is 12.2 Å². The lowest BCUT2D eigenvalue weighted by molar-refractivity contribution is 0.112. The van der Waals surface area contributed by atoms with Gasteiger partial charge < -0.3 is 15.2 Å². The van der Waals surface area contributed by atoms with Crippen molar-refractivity contribution in [2.45, 2.75) is 0 Å². The first-order valence-electron chi connectivity index (χ1n) is 4.84. The summed E-state index contributed by atoms with van der Waals surface area (Å²) < 4.78 is 10.4. The van der Waals surface area contributed by atoms with E-state index in [1.165, 1.54) is 0 Å². The van der Waals surface area contributed by atoms with Crippen molar-refractivity contribution >= 4 is 12.4 Å². The first-order valence-corrected chi connectivity index (χ1v) is 4.84. The summed E-state index contributed by atoms with van der Waals surface area (Å²) in [6.45, 7) is 0.432. The topological polar surface area (TPSA) is 61.5 Å². The molecule has 0 unspecified atom stereocenters. The molecule has 4 nitrogen and oxygen atoms in total. The number of hydrogen-bond acceptors (Lipinski definition) is 4. The maximum atomic E-state index is 10.7. The van der Waals surface area contributed by atoms with Gasteiger partial charge in [-0.15, -0.1) is 0 Å². The zero-order chi connectivity index (χ0) is 12.0. The number of rotatable bonds is 5. The van der Waals surface area contributed by atoms with Gasteiger partial charge in [0, 0.05) is 12.1 Å². The van der Waals surface area contributed by atoms with Crippen LogP contribution in [0.2, 0.25) is 0 Å². The Morgan fingerprint density at radius 2 is 1.81 bits per heavy atom. The second-order valence-electron chi connectivity index (χ2n) is 3.10. The normalized spacial score (nSPS) is 10.4. The monoisotopic (exact) mass is 221 g/mol. The lowest BCUT2D eigenvalue weighted by Crippen LogP contribution is -1.96. The van der Waals surface area contributed by atoms with Gasteiger partial charge in [0.1, 0.15) is 17.8 Å². The van der Waals surface area contributed by atoms with Crippen LogP contribution >= 0.6 is 0 Å². The Balaban J connectivity index is 3.30. The van der Waals surface area contributed by atoms with E-state index < -0.39 is 0 Å². The second-order valence-corrected chi connectivity index (χ2v) is 3.10. The second kappa shape index (κ2) is 5.92. The molecule has 0 spiro atoms. The fraction of sp³-hybridized carbons (Fsp3) is 0.250. The molecule has 2 N–H and O–H groups in total. The summed E-state index contributed by atoms with van der Waals surface area (Å²) in [5.74, 6) is 1.18. The minimum absolute atomic E-state index is 0.432. The Morgan fingerprint density at radius 3 is 2.19 bits per heavy atom. The highest BCUT2D eigenvalue weighted by atomic mass is 16.5. The highest BCUT2D eigenvalue weighted by Crippen LogP contribution is 2.31. The van der Waals surface area contributed by atoms with Crippen LogP contribution in [0.5, 0.6) is 11.5 Å². The van der Waals surface area contributed by atoms with Crippen molar-refractivity contribution in [3.05, 3.63) is 29.3 Å². The van der Waals surface area contributed by atoms with Crippen molar-refractivity contribution in [1.29, 1.82) is 0 Å². The number of carbonyl (C=O) groups is 1. The van der Waals surface area contributed by atoms with Crippen LogP contribution in [0.25, 0.3) is 6.08 Å². The molecule has 0 saturated heterocycles. The lowest BCUT2D eigenvalue weighted by Gasteiger charge is -2.11. The van der Waals surface area contributed by atoms with Gasteiger partial charge in [-0.05, 0) is 12.1 Å². The van der Waals surface area contributed by atoms with E-state index in [0.717, 1.165) is 11.8 Å². The number of methoxy groups -OCH3 is 2. The van der Waals surface area contributed by atoms with E-state index in [2.05, 4.69) is 0 Å². The van der Waals surface area contributed by atoms with Crippen LogP contribution < -0.4 is 15.2 Å². The molecule has 1 aromatic carbocycles. The molecule has 0 bridgehead atoms. The number of benzene rings is 1. The Kier molecular flexibility index (Phi) is 4.54. The summed E-state index contributed by atoms with van der Waals surface area (Å²) in [6, 6.07) is 3.32. The van der Waals surface area contributed by atoms with Gasteiger partial charge in [-0.25, -0.2) is 0 Å². The molecule has 4 heteroatoms. The minimum Gasteiger partial charge on any atom is -0.496 e. The molecule has 0 aromatic heterocycles. The van der Waals surface area contributed by atoms with Gasteiger partial charge in [-0.2, -0.15) is 0 Å². The first-order chi connectivity index (χ1) is 7.76. The summed E-state index contributed by atoms with van der Waals surface area (Å²) >= 11 is 0. The summed E-state index contributed by atoms with van der Waals surface area (Å²) in [5, 5.41) is 0. The Hall–Kier alpha value is -1.81. The van der Waals surface area contributed by atoms with Crippen molar-refractivity contribution in [2.75, 3.05) is 20.8 Å². The fourth-order valence-electron chi connectivity index (χ4n) is 1.38. The maximum Gasteiger partial charge on any atom is 0.150 e. The minimum atomic E-state index is 0.432. The molecular weight excluding hydrogens is 206 g/mol. The van der Waals surface area contributed by atoms with E-state index in [1.807, 2.05) is 6.08 Å². The summed E-state index contributed by atoms with van der Waals surface area (Å²) in [4.78, 5) is 10.7. The predicted octanol–water partition coefficient (Wildman–Crippen LogP) is 1.49. The highest BCUT2D eigenvalue weighted by Gasteiger charge is 2.09. The molecule has 0 aliphatic carbocycles. The van der Waals surface area contributed by atoms with Crippen LogP contribution in [0.1, 0.15) is 15.9 Å². The average Bonchev–Trinajstić information content (AvgIpc) is 2.35. The SMILES string of the molecule is COc1cc(C=O)cc(OC)c1C=CCN. The number of aldehydes is 1. The van der Waals surface area contributed by atoms with Gasteiger partial charge in [0.05, 0.1) is 19.8 Å². The molecule has 0 aliphatic rings. The smallest absolute Gasteiger partial charge is 0.150 e. The molecule has 0 amide bonds. The van der Waals surface area contributed by atoms with Gasteiger partial charge in [0.15, 0.2) is 0 Å². The van der Waals surface area contributed by atoms with Crippen molar-refractivity contribution in [3.8, 4) is 11.5 Å². The third kappa shape index (κ3) is 2.61. The van der Waals surface area contributed by atoms with Gasteiger partial charge >= 0.3 is 0 Å². The van der Waals surface area contributed by atoms with Crippen LogP contribution in [0.4, 0.5) is 0 Å². The molecule has 0 heterocycles. The van der Waals surface area contributed by atoms with Crippen LogP contribution in [0.15, 0.2) is 18.2 Å². The predicted molar refractivity (Wildman–Crippen MR) is 63.0 cm³/mol. The maximum absolute atomic E-state index is 10.7. The molecule has 0 aliphatic heterocycles. The molecule has 0 fully saturated rings. The average molecular weight is 221 g/mol. The van der Waals surface area contributed by atoms with Crippen LogP contribution in [0.3, 0.4) is 0 Å². The number of ether oxygens (including phenoxy) is 2. The molecule has 0 radical (unpaired) electrons. The first kappa shape index (κ1) is 12.3. The number of carbonyl (C=O) groups excluding carboxylic acids is 1. The third-order valence-corrected chi connectivity index (χ3v) is 2.12. The van der Waals surface area contributed by atoms with Crippen molar-refractivity contribution in [2.24, 2.45) is 5.73 Å². The quantitative estimate of drug-likeness (QED) is 0.765. The zero-order valence-corrected chi connectivity index (χ0v) is 9.40. The molecule has 1 aromatic rings. The zero-order valence-electron chi connectivity index (χ0n) is 9.40. The molecule has 1 rings (SSSR count). The van der Waals surface area contributed by atoms with E-state index in [0.29, 0.717) is 23.6 Å². The fourth-order valence-corrected chi connectivity index (χ4v) is 1.38. The van der Waals surface area contributed by atoms with Crippen LogP contribution in [-0.4, -0.2) is 27.1 Å². The summed E-state index contributed by atoms with van der Waals surface area (Å²) in [6.07, 6.45) is 4.36.